The van der Waals surface area contributed by atoms with Crippen molar-refractivity contribution in [2.24, 2.45) is 0 Å². The first-order valence-electron chi connectivity index (χ1n) is 9.31. The Morgan fingerprint density at radius 3 is 2.21 bits per heavy atom. The first-order valence-corrected chi connectivity index (χ1v) is 9.31. The molecule has 1 amide bonds. The number of benzene rings is 3. The van der Waals surface area contributed by atoms with E-state index in [-0.39, 0.29) is 12.3 Å². The Bertz CT molecular complexity index is 961. The highest BCUT2D eigenvalue weighted by molar-refractivity contribution is 5.83. The summed E-state index contributed by atoms with van der Waals surface area (Å²) in [4.78, 5) is 12.3. The van der Waals surface area contributed by atoms with Crippen LogP contribution in [0.15, 0.2) is 54.6 Å². The molecule has 3 rings (SSSR count). The topological polar surface area (TPSA) is 66.0 Å². The van der Waals surface area contributed by atoms with Gasteiger partial charge in [-0.15, -0.1) is 0 Å². The third kappa shape index (κ3) is 5.10. The smallest absolute Gasteiger partial charge is 0.224 e. The molecule has 0 aromatic heterocycles. The highest BCUT2D eigenvalue weighted by Gasteiger charge is 2.14. The number of hydrogen-bond acceptors (Lipinski definition) is 5. The molecule has 0 saturated heterocycles. The molecule has 0 aliphatic carbocycles. The van der Waals surface area contributed by atoms with Crippen LogP contribution in [-0.4, -0.2) is 40.4 Å². The average molecular weight is 395 g/mol. The standard InChI is InChI=1S/C23H25NO5/c1-26-20-12-16(13-21(27-2)23(20)28-3)14-22(25)24-10-11-29-19-9-8-17-6-4-5-7-18(17)15-19/h4-9,12-13,15H,10-11,14H2,1-3H3,(H,24,25). The van der Waals surface area contributed by atoms with Crippen molar-refractivity contribution in [3.63, 3.8) is 0 Å². The molecule has 0 heterocycles. The van der Waals surface area contributed by atoms with E-state index in [1.807, 2.05) is 36.4 Å². The Morgan fingerprint density at radius 2 is 1.55 bits per heavy atom. The summed E-state index contributed by atoms with van der Waals surface area (Å²) < 4.78 is 21.7. The number of rotatable bonds is 9. The van der Waals surface area contributed by atoms with Crippen molar-refractivity contribution in [3.05, 3.63) is 60.2 Å². The molecule has 1 N–H and O–H groups in total. The number of nitrogens with one attached hydrogen (secondary N) is 1. The molecule has 0 spiro atoms. The van der Waals surface area contributed by atoms with Gasteiger partial charge in [-0.1, -0.05) is 30.3 Å². The summed E-state index contributed by atoms with van der Waals surface area (Å²) in [5.41, 5.74) is 0.771. The molecule has 3 aromatic rings. The van der Waals surface area contributed by atoms with Crippen LogP contribution in [0.3, 0.4) is 0 Å². The van der Waals surface area contributed by atoms with Crippen molar-refractivity contribution >= 4 is 16.7 Å². The second kappa shape index (κ2) is 9.68. The van der Waals surface area contributed by atoms with Crippen LogP contribution in [0, 0.1) is 0 Å². The van der Waals surface area contributed by atoms with Gasteiger partial charge in [0.15, 0.2) is 11.5 Å². The van der Waals surface area contributed by atoms with Gasteiger partial charge >= 0.3 is 0 Å². The third-order valence-corrected chi connectivity index (χ3v) is 4.50. The molecule has 3 aromatic carbocycles. The molecule has 6 heteroatoms. The lowest BCUT2D eigenvalue weighted by Gasteiger charge is -2.14. The van der Waals surface area contributed by atoms with Gasteiger partial charge in [0.05, 0.1) is 34.3 Å². The number of methoxy groups -OCH3 is 3. The van der Waals surface area contributed by atoms with Crippen molar-refractivity contribution < 1.29 is 23.7 Å². The Hall–Kier alpha value is -3.41. The van der Waals surface area contributed by atoms with E-state index < -0.39 is 0 Å². The number of ether oxygens (including phenoxy) is 4. The first-order chi connectivity index (χ1) is 14.1. The number of amides is 1. The quantitative estimate of drug-likeness (QED) is 0.561. The van der Waals surface area contributed by atoms with Gasteiger partial charge in [0.1, 0.15) is 12.4 Å². The van der Waals surface area contributed by atoms with Gasteiger partial charge in [-0.05, 0) is 40.6 Å². The summed E-state index contributed by atoms with van der Waals surface area (Å²) in [6.07, 6.45) is 0.201. The lowest BCUT2D eigenvalue weighted by atomic mass is 10.1. The van der Waals surface area contributed by atoms with Gasteiger partial charge in [0.25, 0.3) is 0 Å². The van der Waals surface area contributed by atoms with E-state index in [0.29, 0.717) is 30.4 Å². The summed E-state index contributed by atoms with van der Waals surface area (Å²) in [6, 6.07) is 17.6. The molecule has 0 fully saturated rings. The number of fused-ring (bicyclic) bond motifs is 1. The Balaban J connectivity index is 1.52. The zero-order chi connectivity index (χ0) is 20.6. The molecule has 0 unspecified atom stereocenters. The summed E-state index contributed by atoms with van der Waals surface area (Å²) in [7, 11) is 4.64. The van der Waals surface area contributed by atoms with E-state index in [1.54, 1.807) is 33.5 Å². The normalized spacial score (nSPS) is 10.4. The number of carbonyl (C=O) groups excluding carboxylic acids is 1. The maximum Gasteiger partial charge on any atom is 0.224 e. The zero-order valence-corrected chi connectivity index (χ0v) is 16.9. The Kier molecular flexibility index (Phi) is 6.79. The maximum absolute atomic E-state index is 12.3. The molecule has 152 valence electrons. The fourth-order valence-electron chi connectivity index (χ4n) is 3.10. The van der Waals surface area contributed by atoms with E-state index >= 15 is 0 Å². The van der Waals surface area contributed by atoms with Crippen LogP contribution in [0.1, 0.15) is 5.56 Å². The highest BCUT2D eigenvalue weighted by Crippen LogP contribution is 2.38. The lowest BCUT2D eigenvalue weighted by molar-refractivity contribution is -0.120. The van der Waals surface area contributed by atoms with Crippen LogP contribution < -0.4 is 24.3 Å². The number of carbonyl (C=O) groups is 1. The molecule has 0 atom stereocenters. The van der Waals surface area contributed by atoms with Gasteiger partial charge in [-0.25, -0.2) is 0 Å². The molecule has 0 aliphatic rings. The molecule has 0 aliphatic heterocycles. The SMILES string of the molecule is COc1cc(CC(=O)NCCOc2ccc3ccccc3c2)cc(OC)c1OC. The molecule has 0 radical (unpaired) electrons. The van der Waals surface area contributed by atoms with Crippen LogP contribution in [0.5, 0.6) is 23.0 Å². The minimum absolute atomic E-state index is 0.110. The second-order valence-electron chi connectivity index (χ2n) is 6.42. The Labute approximate surface area is 170 Å². The van der Waals surface area contributed by atoms with Crippen molar-refractivity contribution in [3.8, 4) is 23.0 Å². The van der Waals surface area contributed by atoms with E-state index in [1.165, 1.54) is 5.39 Å². The van der Waals surface area contributed by atoms with Crippen LogP contribution in [0.4, 0.5) is 0 Å². The number of hydrogen-bond donors (Lipinski definition) is 1. The highest BCUT2D eigenvalue weighted by atomic mass is 16.5. The van der Waals surface area contributed by atoms with E-state index in [0.717, 1.165) is 16.7 Å². The van der Waals surface area contributed by atoms with Crippen molar-refractivity contribution in [1.29, 1.82) is 0 Å². The second-order valence-corrected chi connectivity index (χ2v) is 6.42. The fourth-order valence-corrected chi connectivity index (χ4v) is 3.10. The zero-order valence-electron chi connectivity index (χ0n) is 16.9. The minimum atomic E-state index is -0.110. The molecular formula is C23H25NO5. The van der Waals surface area contributed by atoms with Crippen LogP contribution >= 0.6 is 0 Å². The van der Waals surface area contributed by atoms with Crippen LogP contribution in [-0.2, 0) is 11.2 Å². The van der Waals surface area contributed by atoms with Gasteiger partial charge in [0.2, 0.25) is 11.7 Å². The molecule has 0 saturated carbocycles. The minimum Gasteiger partial charge on any atom is -0.493 e. The molecule has 0 bridgehead atoms. The average Bonchev–Trinajstić information content (AvgIpc) is 2.75. The first kappa shape index (κ1) is 20.3. The molecular weight excluding hydrogens is 370 g/mol. The molecule has 29 heavy (non-hydrogen) atoms. The summed E-state index contributed by atoms with van der Waals surface area (Å²) in [6.45, 7) is 0.801. The monoisotopic (exact) mass is 395 g/mol. The van der Waals surface area contributed by atoms with Gasteiger partial charge in [-0.2, -0.15) is 0 Å². The maximum atomic E-state index is 12.3. The van der Waals surface area contributed by atoms with Crippen molar-refractivity contribution in [1.82, 2.24) is 5.32 Å². The molecule has 6 nitrogen and oxygen atoms in total. The van der Waals surface area contributed by atoms with Crippen LogP contribution in [0.2, 0.25) is 0 Å². The van der Waals surface area contributed by atoms with Gasteiger partial charge < -0.3 is 24.3 Å². The summed E-state index contributed by atoms with van der Waals surface area (Å²) in [5.74, 6) is 2.22. The predicted molar refractivity (Wildman–Crippen MR) is 112 cm³/mol. The predicted octanol–water partition coefficient (Wildman–Crippen LogP) is 3.60. The van der Waals surface area contributed by atoms with E-state index in [2.05, 4.69) is 11.4 Å². The third-order valence-electron chi connectivity index (χ3n) is 4.50. The van der Waals surface area contributed by atoms with E-state index in [9.17, 15) is 4.79 Å². The lowest BCUT2D eigenvalue weighted by Crippen LogP contribution is -2.29. The summed E-state index contributed by atoms with van der Waals surface area (Å²) >= 11 is 0. The van der Waals surface area contributed by atoms with Gasteiger partial charge in [-0.3, -0.25) is 4.79 Å². The van der Waals surface area contributed by atoms with Gasteiger partial charge in [0, 0.05) is 0 Å². The van der Waals surface area contributed by atoms with Crippen molar-refractivity contribution in [2.75, 3.05) is 34.5 Å². The fraction of sp³-hybridized carbons (Fsp3) is 0.261. The Morgan fingerprint density at radius 1 is 0.862 bits per heavy atom. The van der Waals surface area contributed by atoms with E-state index in [4.69, 9.17) is 18.9 Å². The van der Waals surface area contributed by atoms with Crippen LogP contribution in [0.25, 0.3) is 10.8 Å². The largest absolute Gasteiger partial charge is 0.493 e. The summed E-state index contributed by atoms with van der Waals surface area (Å²) in [5, 5.41) is 5.15. The van der Waals surface area contributed by atoms with Crippen molar-refractivity contribution in [2.45, 2.75) is 6.42 Å².